The number of hydrogen-bond donors (Lipinski definition) is 0. The number of rotatable bonds is 6. The third-order valence-corrected chi connectivity index (χ3v) is 10.8. The molecule has 10 rings (SSSR count). The van der Waals surface area contributed by atoms with Gasteiger partial charge in [0, 0.05) is 43.2 Å². The summed E-state index contributed by atoms with van der Waals surface area (Å²) < 4.78 is 9.02. The Kier molecular flexibility index (Phi) is 7.00. The summed E-state index contributed by atoms with van der Waals surface area (Å²) >= 11 is 1.79. The summed E-state index contributed by atoms with van der Waals surface area (Å²) in [6, 6.07) is 64.5. The highest BCUT2D eigenvalue weighted by atomic mass is 32.1. The van der Waals surface area contributed by atoms with Gasteiger partial charge in [-0.1, -0.05) is 133 Å². The lowest BCUT2D eigenvalue weighted by Crippen LogP contribution is -2.11. The molecule has 0 N–H and O–H groups in total. The van der Waals surface area contributed by atoms with E-state index >= 15 is 0 Å². The summed E-state index contributed by atoms with van der Waals surface area (Å²) in [6.45, 7) is 0. The second-order valence-corrected chi connectivity index (χ2v) is 13.8. The first-order valence-corrected chi connectivity index (χ1v) is 17.9. The zero-order valence-corrected chi connectivity index (χ0v) is 28.3. The molecule has 0 spiro atoms. The Morgan fingerprint density at radius 1 is 0.471 bits per heavy atom. The standard InChI is InChI=1S/C47H30N2OS/c1-4-15-32(16-5-1)38-27-26-37(29-40(38)33-17-6-2-7-18-33)49(36-25-24-31-14-10-11-21-35(31)28-36)46-44-39-22-12-13-23-42(39)51-43(44)30-41-45(46)48-47(50-41)34-19-8-3-9-20-34/h1-30H. The highest BCUT2D eigenvalue weighted by Gasteiger charge is 2.26. The minimum absolute atomic E-state index is 0.608. The fourth-order valence-electron chi connectivity index (χ4n) is 7.29. The maximum atomic E-state index is 6.63. The first kappa shape index (κ1) is 29.4. The molecular weight excluding hydrogens is 641 g/mol. The summed E-state index contributed by atoms with van der Waals surface area (Å²) in [4.78, 5) is 7.69. The molecule has 0 radical (unpaired) electrons. The summed E-state index contributed by atoms with van der Waals surface area (Å²) in [5.74, 6) is 0.608. The van der Waals surface area contributed by atoms with Crippen LogP contribution in [0.15, 0.2) is 186 Å². The molecule has 0 amide bonds. The second-order valence-electron chi connectivity index (χ2n) is 12.8. The number of hydrogen-bond acceptors (Lipinski definition) is 4. The highest BCUT2D eigenvalue weighted by molar-refractivity contribution is 7.26. The van der Waals surface area contributed by atoms with Gasteiger partial charge in [-0.2, -0.15) is 0 Å². The molecule has 0 atom stereocenters. The maximum Gasteiger partial charge on any atom is 0.227 e. The van der Waals surface area contributed by atoms with Crippen LogP contribution in [0.4, 0.5) is 17.1 Å². The van der Waals surface area contributed by atoms with E-state index in [2.05, 4.69) is 169 Å². The van der Waals surface area contributed by atoms with Crippen molar-refractivity contribution in [3.8, 4) is 33.7 Å². The van der Waals surface area contributed by atoms with Crippen LogP contribution in [0, 0.1) is 0 Å². The normalized spacial score (nSPS) is 11.5. The predicted octanol–water partition coefficient (Wildman–Crippen LogP) is 13.8. The number of thiophene rings is 1. The Labute approximate surface area is 299 Å². The lowest BCUT2D eigenvalue weighted by atomic mass is 9.93. The maximum absolute atomic E-state index is 6.63. The predicted molar refractivity (Wildman–Crippen MR) is 215 cm³/mol. The Morgan fingerprint density at radius 2 is 1.08 bits per heavy atom. The molecular formula is C47H30N2OS. The van der Waals surface area contributed by atoms with E-state index in [1.165, 1.54) is 32.0 Å². The largest absolute Gasteiger partial charge is 0.436 e. The first-order chi connectivity index (χ1) is 25.3. The molecule has 240 valence electrons. The van der Waals surface area contributed by atoms with Crippen LogP contribution in [0.25, 0.3) is 75.8 Å². The van der Waals surface area contributed by atoms with E-state index in [0.717, 1.165) is 54.9 Å². The molecule has 0 aliphatic heterocycles. The van der Waals surface area contributed by atoms with Crippen molar-refractivity contribution in [2.45, 2.75) is 0 Å². The average molecular weight is 671 g/mol. The Balaban J connectivity index is 1.32. The first-order valence-electron chi connectivity index (χ1n) is 17.1. The van der Waals surface area contributed by atoms with Gasteiger partial charge in [0.05, 0.1) is 5.69 Å². The van der Waals surface area contributed by atoms with Gasteiger partial charge in [0.1, 0.15) is 5.52 Å². The van der Waals surface area contributed by atoms with E-state index in [1.807, 2.05) is 18.2 Å². The van der Waals surface area contributed by atoms with Crippen molar-refractivity contribution in [3.05, 3.63) is 182 Å². The minimum Gasteiger partial charge on any atom is -0.436 e. The molecule has 0 saturated heterocycles. The van der Waals surface area contributed by atoms with Gasteiger partial charge in [0.15, 0.2) is 5.58 Å². The van der Waals surface area contributed by atoms with Crippen molar-refractivity contribution in [2.24, 2.45) is 0 Å². The second kappa shape index (κ2) is 12.1. The van der Waals surface area contributed by atoms with Crippen LogP contribution < -0.4 is 4.90 Å². The van der Waals surface area contributed by atoms with Gasteiger partial charge < -0.3 is 9.32 Å². The van der Waals surface area contributed by atoms with Crippen molar-refractivity contribution >= 4 is 70.4 Å². The van der Waals surface area contributed by atoms with E-state index in [1.54, 1.807) is 11.3 Å². The molecule has 10 aromatic rings. The zero-order valence-electron chi connectivity index (χ0n) is 27.5. The van der Waals surface area contributed by atoms with Crippen LogP contribution in [0.2, 0.25) is 0 Å². The molecule has 51 heavy (non-hydrogen) atoms. The monoisotopic (exact) mass is 670 g/mol. The third kappa shape index (κ3) is 5.08. The Hall–Kier alpha value is -6.49. The van der Waals surface area contributed by atoms with E-state index in [9.17, 15) is 0 Å². The quantitative estimate of drug-likeness (QED) is 0.176. The van der Waals surface area contributed by atoms with Gasteiger partial charge in [0.2, 0.25) is 5.89 Å². The summed E-state index contributed by atoms with van der Waals surface area (Å²) in [7, 11) is 0. The number of benzene rings is 8. The van der Waals surface area contributed by atoms with Gasteiger partial charge in [-0.15, -0.1) is 11.3 Å². The molecule has 2 aromatic heterocycles. The van der Waals surface area contributed by atoms with Gasteiger partial charge >= 0.3 is 0 Å². The molecule has 0 fully saturated rings. The van der Waals surface area contributed by atoms with Crippen molar-refractivity contribution in [2.75, 3.05) is 4.90 Å². The number of fused-ring (bicyclic) bond motifs is 5. The van der Waals surface area contributed by atoms with E-state index in [0.29, 0.717) is 5.89 Å². The summed E-state index contributed by atoms with van der Waals surface area (Å²) in [5.41, 5.74) is 10.3. The minimum atomic E-state index is 0.608. The van der Waals surface area contributed by atoms with Crippen molar-refractivity contribution in [1.82, 2.24) is 4.98 Å². The molecule has 0 bridgehead atoms. The fraction of sp³-hybridized carbons (Fsp3) is 0. The molecule has 4 heteroatoms. The molecule has 0 saturated carbocycles. The van der Waals surface area contributed by atoms with Crippen LogP contribution in [0.5, 0.6) is 0 Å². The van der Waals surface area contributed by atoms with Crippen LogP contribution in [0.3, 0.4) is 0 Å². The molecule has 0 unspecified atom stereocenters. The van der Waals surface area contributed by atoms with Gasteiger partial charge in [0.25, 0.3) is 0 Å². The van der Waals surface area contributed by atoms with Crippen LogP contribution >= 0.6 is 11.3 Å². The zero-order chi connectivity index (χ0) is 33.7. The smallest absolute Gasteiger partial charge is 0.227 e. The van der Waals surface area contributed by atoms with Crippen molar-refractivity contribution < 1.29 is 4.42 Å². The molecule has 2 heterocycles. The lowest BCUT2D eigenvalue weighted by Gasteiger charge is -2.28. The molecule has 0 aliphatic carbocycles. The number of anilines is 3. The third-order valence-electron chi connectivity index (χ3n) is 9.67. The fourth-order valence-corrected chi connectivity index (χ4v) is 8.43. The van der Waals surface area contributed by atoms with E-state index in [-0.39, 0.29) is 0 Å². The lowest BCUT2D eigenvalue weighted by molar-refractivity contribution is 0.620. The van der Waals surface area contributed by atoms with Crippen molar-refractivity contribution in [3.63, 3.8) is 0 Å². The number of aromatic nitrogens is 1. The highest BCUT2D eigenvalue weighted by Crippen LogP contribution is 2.50. The summed E-state index contributed by atoms with van der Waals surface area (Å²) in [6.07, 6.45) is 0. The molecule has 3 nitrogen and oxygen atoms in total. The molecule has 8 aromatic carbocycles. The van der Waals surface area contributed by atoms with E-state index < -0.39 is 0 Å². The summed E-state index contributed by atoms with van der Waals surface area (Å²) in [5, 5.41) is 4.74. The number of nitrogens with zero attached hydrogens (tertiary/aromatic N) is 2. The average Bonchev–Trinajstić information content (AvgIpc) is 3.80. The van der Waals surface area contributed by atoms with Crippen LogP contribution in [0.1, 0.15) is 0 Å². The Bertz CT molecular complexity index is 2860. The SMILES string of the molecule is c1ccc(-c2nc3c(N(c4ccc(-c5ccccc5)c(-c5ccccc5)c4)c4ccc5ccccc5c4)c4c(cc3o2)sc2ccccc24)cc1. The topological polar surface area (TPSA) is 29.3 Å². The van der Waals surface area contributed by atoms with Gasteiger partial charge in [-0.05, 0) is 75.5 Å². The van der Waals surface area contributed by atoms with Gasteiger partial charge in [-0.3, -0.25) is 0 Å². The van der Waals surface area contributed by atoms with Crippen LogP contribution in [-0.4, -0.2) is 4.98 Å². The Morgan fingerprint density at radius 3 is 1.84 bits per heavy atom. The molecule has 0 aliphatic rings. The van der Waals surface area contributed by atoms with Crippen LogP contribution in [-0.2, 0) is 0 Å². The number of oxazole rings is 1. The van der Waals surface area contributed by atoms with Crippen molar-refractivity contribution in [1.29, 1.82) is 0 Å². The van der Waals surface area contributed by atoms with E-state index in [4.69, 9.17) is 9.40 Å². The van der Waals surface area contributed by atoms with Gasteiger partial charge in [-0.25, -0.2) is 4.98 Å².